The van der Waals surface area contributed by atoms with Crippen LogP contribution in [-0.2, 0) is 6.54 Å². The van der Waals surface area contributed by atoms with Gasteiger partial charge in [0, 0.05) is 6.20 Å². The second kappa shape index (κ2) is 3.90. The Hall–Kier alpha value is -1.13. The van der Waals surface area contributed by atoms with E-state index in [1.54, 1.807) is 6.20 Å². The highest BCUT2D eigenvalue weighted by Crippen LogP contribution is 2.17. The van der Waals surface area contributed by atoms with Gasteiger partial charge in [0.1, 0.15) is 5.69 Å². The Bertz CT molecular complexity index is 204. The molecule has 4 nitrogen and oxygen atoms in total. The van der Waals surface area contributed by atoms with Crippen LogP contribution in [0.3, 0.4) is 0 Å². The van der Waals surface area contributed by atoms with Crippen molar-refractivity contribution < 1.29 is 4.84 Å². The molecule has 60 valence electrons. The molecule has 0 saturated carbocycles. The van der Waals surface area contributed by atoms with E-state index in [2.05, 4.69) is 16.2 Å². The zero-order valence-corrected chi connectivity index (χ0v) is 6.37. The van der Waals surface area contributed by atoms with Crippen LogP contribution in [0.1, 0.15) is 5.69 Å². The van der Waals surface area contributed by atoms with Crippen LogP contribution in [0.2, 0.25) is 0 Å². The number of fused-ring (bicyclic) bond motifs is 1. The van der Waals surface area contributed by atoms with Gasteiger partial charge in [0.15, 0.2) is 5.75 Å². The van der Waals surface area contributed by atoms with E-state index in [0.29, 0.717) is 0 Å². The molecule has 1 aromatic rings. The van der Waals surface area contributed by atoms with Crippen LogP contribution in [0.25, 0.3) is 0 Å². The maximum atomic E-state index is 4.99. The van der Waals surface area contributed by atoms with Gasteiger partial charge in [-0.05, 0) is 19.2 Å². The summed E-state index contributed by atoms with van der Waals surface area (Å²) < 4.78 is 0. The molecule has 0 saturated heterocycles. The van der Waals surface area contributed by atoms with E-state index >= 15 is 0 Å². The fourth-order valence-electron chi connectivity index (χ4n) is 0.831. The summed E-state index contributed by atoms with van der Waals surface area (Å²) in [5.74, 6) is 0.845. The molecule has 2 heterocycles. The summed E-state index contributed by atoms with van der Waals surface area (Å²) in [6.07, 6.45) is 1.76. The maximum absolute atomic E-state index is 4.99. The first-order valence-electron chi connectivity index (χ1n) is 3.38. The molecule has 2 rings (SSSR count). The zero-order chi connectivity index (χ0) is 8.10. The Balaban J connectivity index is 0.000000281. The van der Waals surface area contributed by atoms with Crippen LogP contribution in [0.15, 0.2) is 18.3 Å². The average Bonchev–Trinajstić information content (AvgIpc) is 2.55. The molecule has 0 spiro atoms. The van der Waals surface area contributed by atoms with Gasteiger partial charge in [-0.2, -0.15) is 5.48 Å². The van der Waals surface area contributed by atoms with Crippen molar-refractivity contribution >= 4 is 0 Å². The summed E-state index contributed by atoms with van der Waals surface area (Å²) in [6, 6.07) is 3.74. The van der Waals surface area contributed by atoms with Gasteiger partial charge in [0.05, 0.1) is 6.54 Å². The van der Waals surface area contributed by atoms with E-state index < -0.39 is 0 Å². The Kier molecular flexibility index (Phi) is 2.83. The van der Waals surface area contributed by atoms with Crippen molar-refractivity contribution in [1.29, 1.82) is 0 Å². The van der Waals surface area contributed by atoms with E-state index in [9.17, 15) is 0 Å². The van der Waals surface area contributed by atoms with Gasteiger partial charge in [-0.25, -0.2) is 0 Å². The van der Waals surface area contributed by atoms with E-state index in [-0.39, 0.29) is 0 Å². The molecule has 0 aromatic carbocycles. The Morgan fingerprint density at radius 3 is 3.18 bits per heavy atom. The third kappa shape index (κ3) is 1.66. The summed E-state index contributed by atoms with van der Waals surface area (Å²) in [7, 11) is 1.50. The summed E-state index contributed by atoms with van der Waals surface area (Å²) in [5.41, 5.74) is 8.21. The third-order valence-electron chi connectivity index (χ3n) is 1.27. The number of rotatable bonds is 0. The number of hydrogen-bond acceptors (Lipinski definition) is 4. The fourth-order valence-corrected chi connectivity index (χ4v) is 0.831. The monoisotopic (exact) mass is 153 g/mol. The normalized spacial score (nSPS) is 12.5. The second-order valence-corrected chi connectivity index (χ2v) is 1.87. The molecule has 1 aliphatic rings. The van der Waals surface area contributed by atoms with Crippen LogP contribution >= 0.6 is 0 Å². The lowest BCUT2D eigenvalue weighted by atomic mass is 10.3. The lowest BCUT2D eigenvalue weighted by molar-refractivity contribution is 0.224. The molecule has 11 heavy (non-hydrogen) atoms. The van der Waals surface area contributed by atoms with Crippen molar-refractivity contribution in [1.82, 2.24) is 10.5 Å². The third-order valence-corrected chi connectivity index (χ3v) is 1.27. The minimum absolute atomic E-state index is 0.718. The Labute approximate surface area is 65.3 Å². The number of nitrogens with one attached hydrogen (secondary N) is 1. The molecule has 0 bridgehead atoms. The quantitative estimate of drug-likeness (QED) is 0.553. The van der Waals surface area contributed by atoms with Crippen LogP contribution in [0.4, 0.5) is 0 Å². The summed E-state index contributed by atoms with van der Waals surface area (Å²) in [5, 5.41) is 0. The van der Waals surface area contributed by atoms with Gasteiger partial charge < -0.3 is 10.6 Å². The largest absolute Gasteiger partial charge is 0.406 e. The predicted octanol–water partition coefficient (Wildman–Crippen LogP) is 0.0535. The molecule has 0 radical (unpaired) electrons. The van der Waals surface area contributed by atoms with Crippen molar-refractivity contribution in [2.75, 3.05) is 7.05 Å². The van der Waals surface area contributed by atoms with E-state index in [1.807, 2.05) is 12.1 Å². The molecular formula is C7H11N3O. The Morgan fingerprint density at radius 1 is 1.64 bits per heavy atom. The summed E-state index contributed by atoms with van der Waals surface area (Å²) in [4.78, 5) is 9.06. The highest BCUT2D eigenvalue weighted by Gasteiger charge is 2.10. The van der Waals surface area contributed by atoms with Gasteiger partial charge >= 0.3 is 0 Å². The van der Waals surface area contributed by atoms with E-state index in [1.165, 1.54) is 7.05 Å². The number of pyridine rings is 1. The van der Waals surface area contributed by atoms with Crippen LogP contribution in [0.5, 0.6) is 5.75 Å². The number of hydroxylamine groups is 1. The molecule has 0 fully saturated rings. The Morgan fingerprint density at radius 2 is 2.45 bits per heavy atom. The van der Waals surface area contributed by atoms with Crippen molar-refractivity contribution in [2.45, 2.75) is 6.54 Å². The zero-order valence-electron chi connectivity index (χ0n) is 6.37. The van der Waals surface area contributed by atoms with Gasteiger partial charge in [-0.1, -0.05) is 0 Å². The predicted molar refractivity (Wildman–Crippen MR) is 41.8 cm³/mol. The lowest BCUT2D eigenvalue weighted by Crippen LogP contribution is -2.07. The van der Waals surface area contributed by atoms with Gasteiger partial charge in [-0.3, -0.25) is 4.98 Å². The van der Waals surface area contributed by atoms with Crippen LogP contribution in [-0.4, -0.2) is 12.0 Å². The molecule has 4 heteroatoms. The van der Waals surface area contributed by atoms with Crippen molar-refractivity contribution in [3.8, 4) is 5.75 Å². The topological polar surface area (TPSA) is 60.2 Å². The smallest absolute Gasteiger partial charge is 0.170 e. The van der Waals surface area contributed by atoms with Crippen molar-refractivity contribution in [3.05, 3.63) is 24.0 Å². The van der Waals surface area contributed by atoms with Crippen LogP contribution in [0, 0.1) is 0 Å². The SMILES string of the molecule is CN.c1cnc2c(c1)ONC2. The molecule has 3 N–H and O–H groups in total. The molecule has 1 aromatic heterocycles. The summed E-state index contributed by atoms with van der Waals surface area (Å²) >= 11 is 0. The first kappa shape index (κ1) is 7.97. The van der Waals surface area contributed by atoms with Gasteiger partial charge in [0.2, 0.25) is 0 Å². The van der Waals surface area contributed by atoms with Gasteiger partial charge in [0.25, 0.3) is 0 Å². The first-order chi connectivity index (χ1) is 5.47. The lowest BCUT2D eigenvalue weighted by Gasteiger charge is -1.91. The number of nitrogens with two attached hydrogens (primary N) is 1. The highest BCUT2D eigenvalue weighted by molar-refractivity contribution is 5.28. The number of nitrogens with zero attached hydrogens (tertiary/aromatic N) is 1. The standard InChI is InChI=1S/C6H6N2O.CH5N/c1-2-6-5(7-3-1)4-8-9-6;1-2/h1-3,8H,4H2;2H2,1H3. The summed E-state index contributed by atoms with van der Waals surface area (Å²) in [6.45, 7) is 0.718. The first-order valence-corrected chi connectivity index (χ1v) is 3.38. The molecule has 0 amide bonds. The number of hydrogen-bond donors (Lipinski definition) is 2. The van der Waals surface area contributed by atoms with Gasteiger partial charge in [-0.15, -0.1) is 0 Å². The molecule has 0 atom stereocenters. The van der Waals surface area contributed by atoms with E-state index in [4.69, 9.17) is 4.84 Å². The molecule has 0 aliphatic carbocycles. The minimum Gasteiger partial charge on any atom is -0.406 e. The molecule has 1 aliphatic heterocycles. The minimum atomic E-state index is 0.718. The second-order valence-electron chi connectivity index (χ2n) is 1.87. The van der Waals surface area contributed by atoms with Crippen LogP contribution < -0.4 is 16.1 Å². The van der Waals surface area contributed by atoms with Crippen molar-refractivity contribution in [2.24, 2.45) is 5.73 Å². The maximum Gasteiger partial charge on any atom is 0.170 e. The molecule has 0 unspecified atom stereocenters. The average molecular weight is 153 g/mol. The van der Waals surface area contributed by atoms with Crippen molar-refractivity contribution in [3.63, 3.8) is 0 Å². The number of aromatic nitrogens is 1. The fraction of sp³-hybridized carbons (Fsp3) is 0.286. The highest BCUT2D eigenvalue weighted by atomic mass is 16.7. The molecular weight excluding hydrogens is 142 g/mol. The van der Waals surface area contributed by atoms with E-state index in [0.717, 1.165) is 18.0 Å².